The minimum Gasteiger partial charge on any atom is -0.493 e. The van der Waals surface area contributed by atoms with Crippen LogP contribution < -0.4 is 29.4 Å². The number of nitriles is 1. The van der Waals surface area contributed by atoms with Crippen LogP contribution >= 0.6 is 0 Å². The van der Waals surface area contributed by atoms with Crippen LogP contribution in [0.2, 0.25) is 0 Å². The fraction of sp³-hybridized carbons (Fsp3) is 0.190. The van der Waals surface area contributed by atoms with Gasteiger partial charge < -0.3 is 29.4 Å². The third kappa shape index (κ3) is 2.80. The lowest BCUT2D eigenvalue weighted by atomic mass is 9.83. The van der Waals surface area contributed by atoms with Crippen molar-refractivity contribution in [1.82, 2.24) is 0 Å². The number of rotatable bonds is 4. The Kier molecular flexibility index (Phi) is 4.35. The van der Waals surface area contributed by atoms with Crippen LogP contribution in [0.3, 0.4) is 0 Å². The van der Waals surface area contributed by atoms with Crippen molar-refractivity contribution in [3.8, 4) is 47.2 Å². The van der Waals surface area contributed by atoms with Crippen LogP contribution in [0.5, 0.6) is 28.7 Å². The molecule has 0 saturated carbocycles. The topological polar surface area (TPSA) is 96.0 Å². The maximum absolute atomic E-state index is 9.71. The van der Waals surface area contributed by atoms with E-state index in [-0.39, 0.29) is 19.3 Å². The number of allylic oxidation sites excluding steroid dienone is 1. The van der Waals surface area contributed by atoms with Crippen LogP contribution in [0.1, 0.15) is 17.0 Å². The molecular weight excluding hydrogens is 360 g/mol. The highest BCUT2D eigenvalue weighted by molar-refractivity contribution is 5.62. The van der Waals surface area contributed by atoms with E-state index in [1.165, 1.54) is 7.11 Å². The second kappa shape index (κ2) is 6.98. The van der Waals surface area contributed by atoms with Crippen molar-refractivity contribution in [3.63, 3.8) is 0 Å². The number of nitrogens with zero attached hydrogens (tertiary/aromatic N) is 1. The van der Waals surface area contributed by atoms with Gasteiger partial charge in [-0.05, 0) is 23.8 Å². The summed E-state index contributed by atoms with van der Waals surface area (Å²) in [5, 5.41) is 9.71. The number of hydrogen-bond donors (Lipinski definition) is 1. The van der Waals surface area contributed by atoms with Gasteiger partial charge in [0, 0.05) is 11.6 Å². The molecule has 2 aromatic carbocycles. The van der Waals surface area contributed by atoms with Gasteiger partial charge in [0.05, 0.1) is 13.0 Å². The Morgan fingerprint density at radius 1 is 1.18 bits per heavy atom. The van der Waals surface area contributed by atoms with E-state index < -0.39 is 5.92 Å². The predicted octanol–water partition coefficient (Wildman–Crippen LogP) is 2.65. The van der Waals surface area contributed by atoms with Crippen LogP contribution in [0.25, 0.3) is 0 Å². The van der Waals surface area contributed by atoms with Crippen molar-refractivity contribution < 1.29 is 23.7 Å². The van der Waals surface area contributed by atoms with Gasteiger partial charge in [-0.2, -0.15) is 5.26 Å². The summed E-state index contributed by atoms with van der Waals surface area (Å²) in [6, 6.07) is 11.1. The Labute approximate surface area is 161 Å². The highest BCUT2D eigenvalue weighted by atomic mass is 16.7. The van der Waals surface area contributed by atoms with Gasteiger partial charge in [-0.3, -0.25) is 0 Å². The lowest BCUT2D eigenvalue weighted by molar-refractivity contribution is 0.174. The molecule has 2 aromatic rings. The Morgan fingerprint density at radius 2 is 1.96 bits per heavy atom. The third-order valence-electron chi connectivity index (χ3n) is 4.54. The van der Waals surface area contributed by atoms with E-state index in [1.807, 2.05) is 6.07 Å². The van der Waals surface area contributed by atoms with Gasteiger partial charge in [-0.15, -0.1) is 6.42 Å². The first-order valence-corrected chi connectivity index (χ1v) is 8.41. The molecule has 1 atom stereocenters. The molecule has 0 radical (unpaired) electrons. The van der Waals surface area contributed by atoms with Crippen molar-refractivity contribution in [2.45, 2.75) is 5.92 Å². The molecule has 2 aliphatic heterocycles. The molecule has 2 aliphatic rings. The lowest BCUT2D eigenvalue weighted by Crippen LogP contribution is -2.21. The molecule has 2 N–H and O–H groups in total. The van der Waals surface area contributed by atoms with Crippen LogP contribution in [-0.4, -0.2) is 20.5 Å². The van der Waals surface area contributed by atoms with E-state index in [0.717, 1.165) is 11.1 Å². The summed E-state index contributed by atoms with van der Waals surface area (Å²) in [6.07, 6.45) is 5.26. The molecule has 2 heterocycles. The first-order chi connectivity index (χ1) is 13.7. The number of nitrogens with two attached hydrogens (primary N) is 1. The number of hydrogen-bond acceptors (Lipinski definition) is 7. The summed E-state index contributed by atoms with van der Waals surface area (Å²) in [5.74, 6) is 4.68. The second-order valence-electron chi connectivity index (χ2n) is 6.07. The molecule has 140 valence electrons. The number of benzene rings is 2. The molecule has 7 heteroatoms. The standard InChI is InChI=1S/C21H16N2O5/c1-3-6-25-15-5-4-12(7-17(15)24-2)20-13-8-18-19(27-11-26-18)9-16(13)28-21(23)14(20)10-22/h1,4-5,7-9,20H,6,11,23H2,2H3. The molecule has 0 saturated heterocycles. The van der Waals surface area contributed by atoms with Gasteiger partial charge in [-0.25, -0.2) is 0 Å². The van der Waals surface area contributed by atoms with Crippen LogP contribution in [-0.2, 0) is 0 Å². The zero-order valence-electron chi connectivity index (χ0n) is 15.0. The van der Waals surface area contributed by atoms with E-state index >= 15 is 0 Å². The Morgan fingerprint density at radius 3 is 2.68 bits per heavy atom. The highest BCUT2D eigenvalue weighted by Crippen LogP contribution is 2.48. The van der Waals surface area contributed by atoms with E-state index in [2.05, 4.69) is 12.0 Å². The highest BCUT2D eigenvalue weighted by Gasteiger charge is 2.33. The summed E-state index contributed by atoms with van der Waals surface area (Å²) in [5.41, 5.74) is 7.85. The van der Waals surface area contributed by atoms with Crippen LogP contribution in [0, 0.1) is 23.7 Å². The fourth-order valence-corrected chi connectivity index (χ4v) is 3.29. The minimum atomic E-state index is -0.459. The van der Waals surface area contributed by atoms with Gasteiger partial charge >= 0.3 is 0 Å². The summed E-state index contributed by atoms with van der Waals surface area (Å²) in [4.78, 5) is 0. The molecule has 0 aliphatic carbocycles. The van der Waals surface area contributed by atoms with Crippen molar-refractivity contribution in [3.05, 3.63) is 52.9 Å². The minimum absolute atomic E-state index is 0.0468. The smallest absolute Gasteiger partial charge is 0.231 e. The summed E-state index contributed by atoms with van der Waals surface area (Å²) >= 11 is 0. The third-order valence-corrected chi connectivity index (χ3v) is 4.54. The van der Waals surface area contributed by atoms with E-state index in [4.69, 9.17) is 35.8 Å². The Hall–Kier alpha value is -3.97. The molecule has 4 rings (SSSR count). The largest absolute Gasteiger partial charge is 0.493 e. The number of fused-ring (bicyclic) bond motifs is 2. The monoisotopic (exact) mass is 376 g/mol. The lowest BCUT2D eigenvalue weighted by Gasteiger charge is -2.27. The SMILES string of the molecule is C#CCOc1ccc(C2C(C#N)=C(N)Oc3cc4c(cc32)OCO4)cc1OC. The normalized spacial score (nSPS) is 16.5. The first kappa shape index (κ1) is 17.4. The van der Waals surface area contributed by atoms with Crippen molar-refractivity contribution >= 4 is 0 Å². The van der Waals surface area contributed by atoms with Gasteiger partial charge in [0.15, 0.2) is 23.0 Å². The summed E-state index contributed by atoms with van der Waals surface area (Å²) in [6.45, 7) is 0.252. The molecule has 0 fully saturated rings. The second-order valence-corrected chi connectivity index (χ2v) is 6.07. The maximum Gasteiger partial charge on any atom is 0.231 e. The quantitative estimate of drug-likeness (QED) is 0.820. The molecular formula is C21H16N2O5. The maximum atomic E-state index is 9.71. The molecule has 7 nitrogen and oxygen atoms in total. The van der Waals surface area contributed by atoms with Gasteiger partial charge in [0.2, 0.25) is 12.7 Å². The molecule has 0 spiro atoms. The molecule has 0 amide bonds. The number of methoxy groups -OCH3 is 1. The van der Waals surface area contributed by atoms with E-state index in [9.17, 15) is 5.26 Å². The number of ether oxygens (including phenoxy) is 5. The van der Waals surface area contributed by atoms with Crippen LogP contribution in [0.15, 0.2) is 41.8 Å². The molecule has 1 unspecified atom stereocenters. The van der Waals surface area contributed by atoms with Crippen molar-refractivity contribution in [2.24, 2.45) is 5.73 Å². The fourth-order valence-electron chi connectivity index (χ4n) is 3.29. The number of terminal acetylenes is 1. The Bertz CT molecular complexity index is 1060. The predicted molar refractivity (Wildman–Crippen MR) is 99.2 cm³/mol. The van der Waals surface area contributed by atoms with Crippen molar-refractivity contribution in [1.29, 1.82) is 5.26 Å². The summed E-state index contributed by atoms with van der Waals surface area (Å²) in [7, 11) is 1.53. The average molecular weight is 376 g/mol. The zero-order valence-corrected chi connectivity index (χ0v) is 15.0. The molecule has 28 heavy (non-hydrogen) atoms. The van der Waals surface area contributed by atoms with Gasteiger partial charge in [-0.1, -0.05) is 12.0 Å². The van der Waals surface area contributed by atoms with Gasteiger partial charge in [0.25, 0.3) is 0 Å². The Balaban J connectivity index is 1.84. The van der Waals surface area contributed by atoms with Gasteiger partial charge in [0.1, 0.15) is 24.0 Å². The van der Waals surface area contributed by atoms with Crippen LogP contribution in [0.4, 0.5) is 0 Å². The van der Waals surface area contributed by atoms with Crippen molar-refractivity contribution in [2.75, 3.05) is 20.5 Å². The molecule has 0 bridgehead atoms. The van der Waals surface area contributed by atoms with E-state index in [1.54, 1.807) is 24.3 Å². The first-order valence-electron chi connectivity index (χ1n) is 8.41. The van der Waals surface area contributed by atoms with E-state index in [0.29, 0.717) is 34.3 Å². The summed E-state index contributed by atoms with van der Waals surface area (Å²) < 4.78 is 27.5. The average Bonchev–Trinajstić information content (AvgIpc) is 3.17. The zero-order chi connectivity index (χ0) is 19.7. The molecule has 0 aromatic heterocycles.